The van der Waals surface area contributed by atoms with Gasteiger partial charge < -0.3 is 9.88 Å². The number of nitrogens with one attached hydrogen (secondary N) is 1. The Labute approximate surface area is 159 Å². The Morgan fingerprint density at radius 2 is 2.12 bits per heavy atom. The predicted octanol–water partition coefficient (Wildman–Crippen LogP) is 3.85. The number of aryl methyl sites for hydroxylation is 1. The largest absolute Gasteiger partial charge is 0.348 e. The lowest BCUT2D eigenvalue weighted by atomic mass is 9.88. The first kappa shape index (κ1) is 17.6. The molecule has 1 heterocycles. The van der Waals surface area contributed by atoms with Crippen molar-refractivity contribution in [3.05, 3.63) is 41.2 Å². The number of benzene rings is 1. The summed E-state index contributed by atoms with van der Waals surface area (Å²) >= 11 is 1.52. The molecule has 5 nitrogen and oxygen atoms in total. The third kappa shape index (κ3) is 3.52. The van der Waals surface area contributed by atoms with E-state index in [0.717, 1.165) is 36.8 Å². The van der Waals surface area contributed by atoms with Crippen LogP contribution < -0.4 is 5.32 Å². The maximum Gasteiger partial charge on any atom is 0.233 e. The van der Waals surface area contributed by atoms with Crippen molar-refractivity contribution in [3.63, 3.8) is 0 Å². The van der Waals surface area contributed by atoms with E-state index >= 15 is 0 Å². The van der Waals surface area contributed by atoms with E-state index in [4.69, 9.17) is 0 Å². The summed E-state index contributed by atoms with van der Waals surface area (Å²) in [5.74, 6) is 1.74. The minimum absolute atomic E-state index is 0.0790. The lowest BCUT2D eigenvalue weighted by Crippen LogP contribution is -2.36. The molecule has 0 spiro atoms. The smallest absolute Gasteiger partial charge is 0.233 e. The van der Waals surface area contributed by atoms with E-state index in [2.05, 4.69) is 51.3 Å². The number of amides is 1. The normalized spacial score (nSPS) is 20.5. The molecule has 1 aromatic carbocycles. The molecule has 6 heteroatoms. The number of thioether (sulfide) groups is 1. The molecule has 0 aliphatic heterocycles. The molecule has 0 radical (unpaired) electrons. The van der Waals surface area contributed by atoms with Gasteiger partial charge in [-0.3, -0.25) is 4.79 Å². The molecule has 2 unspecified atom stereocenters. The third-order valence-electron chi connectivity index (χ3n) is 5.34. The van der Waals surface area contributed by atoms with Crippen LogP contribution in [0, 0.1) is 0 Å². The zero-order valence-electron chi connectivity index (χ0n) is 15.4. The van der Waals surface area contributed by atoms with E-state index in [1.165, 1.54) is 35.7 Å². The summed E-state index contributed by atoms with van der Waals surface area (Å²) < 4.78 is 2.17. The van der Waals surface area contributed by atoms with Crippen molar-refractivity contribution in [2.24, 2.45) is 0 Å². The van der Waals surface area contributed by atoms with Gasteiger partial charge in [0.05, 0.1) is 11.3 Å². The highest BCUT2D eigenvalue weighted by atomic mass is 32.2. The molecule has 26 heavy (non-hydrogen) atoms. The van der Waals surface area contributed by atoms with Gasteiger partial charge in [0.1, 0.15) is 5.82 Å². The highest BCUT2D eigenvalue weighted by Gasteiger charge is 2.31. The summed E-state index contributed by atoms with van der Waals surface area (Å²) in [6.07, 6.45) is 5.66. The maximum absolute atomic E-state index is 12.8. The van der Waals surface area contributed by atoms with Crippen molar-refractivity contribution in [1.29, 1.82) is 0 Å². The van der Waals surface area contributed by atoms with Gasteiger partial charge in [-0.05, 0) is 57.1 Å². The van der Waals surface area contributed by atoms with Crippen molar-refractivity contribution in [2.45, 2.75) is 74.9 Å². The van der Waals surface area contributed by atoms with E-state index in [-0.39, 0.29) is 17.2 Å². The Balaban J connectivity index is 1.43. The summed E-state index contributed by atoms with van der Waals surface area (Å²) in [7, 11) is 0. The van der Waals surface area contributed by atoms with Crippen LogP contribution >= 0.6 is 11.8 Å². The van der Waals surface area contributed by atoms with Gasteiger partial charge in [0, 0.05) is 12.5 Å². The van der Waals surface area contributed by atoms with E-state index in [1.807, 2.05) is 6.92 Å². The van der Waals surface area contributed by atoms with Crippen LogP contribution in [0.1, 0.15) is 68.4 Å². The van der Waals surface area contributed by atoms with Crippen LogP contribution in [-0.4, -0.2) is 25.9 Å². The molecule has 1 amide bonds. The van der Waals surface area contributed by atoms with E-state index < -0.39 is 0 Å². The molecule has 0 bridgehead atoms. The third-order valence-corrected chi connectivity index (χ3v) is 6.42. The molecular formula is C20H26N4OS. The molecule has 2 aromatic rings. The fraction of sp³-hybridized carbons (Fsp3) is 0.550. The molecule has 1 fully saturated rings. The van der Waals surface area contributed by atoms with Crippen molar-refractivity contribution in [2.75, 3.05) is 0 Å². The lowest BCUT2D eigenvalue weighted by Gasteiger charge is -2.27. The number of rotatable bonds is 6. The molecule has 4 rings (SSSR count). The summed E-state index contributed by atoms with van der Waals surface area (Å²) in [5, 5.41) is 12.6. The number of nitrogens with zero attached hydrogens (tertiary/aromatic N) is 3. The van der Waals surface area contributed by atoms with Gasteiger partial charge in [-0.1, -0.05) is 36.0 Å². The molecule has 1 aromatic heterocycles. The molecule has 2 aliphatic carbocycles. The zero-order valence-corrected chi connectivity index (χ0v) is 16.3. The Morgan fingerprint density at radius 3 is 2.88 bits per heavy atom. The van der Waals surface area contributed by atoms with Gasteiger partial charge >= 0.3 is 0 Å². The molecule has 1 saturated carbocycles. The van der Waals surface area contributed by atoms with Gasteiger partial charge in [0.15, 0.2) is 5.16 Å². The first-order valence-electron chi connectivity index (χ1n) is 9.65. The molecular weight excluding hydrogens is 344 g/mol. The Kier molecular flexibility index (Phi) is 5.02. The zero-order chi connectivity index (χ0) is 18.1. The second kappa shape index (κ2) is 7.43. The topological polar surface area (TPSA) is 59.8 Å². The number of carbonyl (C=O) groups is 1. The fourth-order valence-electron chi connectivity index (χ4n) is 3.73. The standard InChI is InChI=1S/C20H26N4OS/c1-3-24-18(15-11-12-15)22-23-20(24)26-13(2)19(25)21-17-10-6-8-14-7-4-5-9-16(14)17/h4-5,7,9,13,15,17H,3,6,8,10-12H2,1-2H3,(H,21,25). The van der Waals surface area contributed by atoms with Crippen molar-refractivity contribution in [3.8, 4) is 0 Å². The minimum Gasteiger partial charge on any atom is -0.348 e. The van der Waals surface area contributed by atoms with Crippen LogP contribution in [0.2, 0.25) is 0 Å². The molecule has 2 atom stereocenters. The van der Waals surface area contributed by atoms with Crippen LogP contribution in [0.4, 0.5) is 0 Å². The first-order chi connectivity index (χ1) is 12.7. The first-order valence-corrected chi connectivity index (χ1v) is 10.5. The van der Waals surface area contributed by atoms with E-state index in [0.29, 0.717) is 5.92 Å². The molecule has 1 N–H and O–H groups in total. The monoisotopic (exact) mass is 370 g/mol. The quantitative estimate of drug-likeness (QED) is 0.785. The Morgan fingerprint density at radius 1 is 1.31 bits per heavy atom. The van der Waals surface area contributed by atoms with E-state index in [9.17, 15) is 4.79 Å². The highest BCUT2D eigenvalue weighted by Crippen LogP contribution is 2.40. The second-order valence-corrected chi connectivity index (χ2v) is 8.58. The minimum atomic E-state index is -0.189. The van der Waals surface area contributed by atoms with Crippen molar-refractivity contribution in [1.82, 2.24) is 20.1 Å². The number of fused-ring (bicyclic) bond motifs is 1. The van der Waals surface area contributed by atoms with Crippen LogP contribution in [0.25, 0.3) is 0 Å². The molecule has 2 aliphatic rings. The second-order valence-electron chi connectivity index (χ2n) is 7.27. The predicted molar refractivity (Wildman–Crippen MR) is 103 cm³/mol. The van der Waals surface area contributed by atoms with Crippen molar-refractivity contribution >= 4 is 17.7 Å². The summed E-state index contributed by atoms with van der Waals surface area (Å²) in [4.78, 5) is 12.8. The van der Waals surface area contributed by atoms with Crippen LogP contribution in [0.3, 0.4) is 0 Å². The van der Waals surface area contributed by atoms with E-state index in [1.54, 1.807) is 0 Å². The fourth-order valence-corrected chi connectivity index (χ4v) is 4.66. The average molecular weight is 371 g/mol. The summed E-state index contributed by atoms with van der Waals surface area (Å²) in [5.41, 5.74) is 2.64. The van der Waals surface area contributed by atoms with Crippen LogP contribution in [0.15, 0.2) is 29.4 Å². The average Bonchev–Trinajstić information content (AvgIpc) is 3.43. The molecule has 138 valence electrons. The van der Waals surface area contributed by atoms with Crippen LogP contribution in [-0.2, 0) is 17.8 Å². The number of aromatic nitrogens is 3. The van der Waals surface area contributed by atoms with Gasteiger partial charge in [-0.15, -0.1) is 10.2 Å². The summed E-state index contributed by atoms with van der Waals surface area (Å²) in [6.45, 7) is 4.93. The van der Waals surface area contributed by atoms with Crippen LogP contribution in [0.5, 0.6) is 0 Å². The number of hydrogen-bond donors (Lipinski definition) is 1. The van der Waals surface area contributed by atoms with Gasteiger partial charge in [-0.2, -0.15) is 0 Å². The SMILES string of the molecule is CCn1c(SC(C)C(=O)NC2CCCc3ccccc32)nnc1C1CC1. The number of hydrogen-bond acceptors (Lipinski definition) is 4. The highest BCUT2D eigenvalue weighted by molar-refractivity contribution is 8.00. The Hall–Kier alpha value is -1.82. The maximum atomic E-state index is 12.8. The Bertz CT molecular complexity index is 799. The lowest BCUT2D eigenvalue weighted by molar-refractivity contribution is -0.121. The molecule has 0 saturated heterocycles. The van der Waals surface area contributed by atoms with Gasteiger partial charge in [0.25, 0.3) is 0 Å². The van der Waals surface area contributed by atoms with Crippen molar-refractivity contribution < 1.29 is 4.79 Å². The van der Waals surface area contributed by atoms with Gasteiger partial charge in [0.2, 0.25) is 5.91 Å². The summed E-state index contributed by atoms with van der Waals surface area (Å²) in [6, 6.07) is 8.59. The van der Waals surface area contributed by atoms with Gasteiger partial charge in [-0.25, -0.2) is 0 Å². The number of carbonyl (C=O) groups excluding carboxylic acids is 1.